The Balaban J connectivity index is 1.44. The molecular weight excluding hydrogens is 508 g/mol. The van der Waals surface area contributed by atoms with E-state index in [2.05, 4.69) is 9.69 Å². The SMILES string of the molecule is [C-]#[N+]/C(C#N)=C1\C=C(c2ccc(-c3sc(-c4ccc(C5=C/C(=C(\C#N)[N+]#[C-])CCC5)o4)cc3OC)o2)CCC1. The molecular formula is C31H22N4O3S. The maximum Gasteiger partial charge on any atom is 0.265 e. The van der Waals surface area contributed by atoms with Gasteiger partial charge in [0, 0.05) is 6.07 Å². The lowest BCUT2D eigenvalue weighted by Gasteiger charge is -2.13. The van der Waals surface area contributed by atoms with Crippen molar-refractivity contribution in [2.24, 2.45) is 0 Å². The van der Waals surface area contributed by atoms with Crippen molar-refractivity contribution in [2.75, 3.05) is 7.11 Å². The first kappa shape index (κ1) is 25.6. The Morgan fingerprint density at radius 3 is 1.85 bits per heavy atom. The summed E-state index contributed by atoms with van der Waals surface area (Å²) >= 11 is 1.50. The quantitative estimate of drug-likeness (QED) is 0.243. The average Bonchev–Trinajstić information content (AvgIpc) is 3.74. The molecule has 0 amide bonds. The van der Waals surface area contributed by atoms with Crippen LogP contribution < -0.4 is 4.74 Å². The van der Waals surface area contributed by atoms with Crippen molar-refractivity contribution >= 4 is 22.5 Å². The van der Waals surface area contributed by atoms with Gasteiger partial charge in [-0.25, -0.2) is 20.2 Å². The van der Waals surface area contributed by atoms with Crippen molar-refractivity contribution in [1.29, 1.82) is 10.5 Å². The molecule has 0 bridgehead atoms. The first-order chi connectivity index (χ1) is 19.1. The summed E-state index contributed by atoms with van der Waals surface area (Å²) in [4.78, 5) is 8.43. The smallest absolute Gasteiger partial charge is 0.265 e. The molecule has 0 aliphatic heterocycles. The third kappa shape index (κ3) is 5.07. The first-order valence-corrected chi connectivity index (χ1v) is 13.2. The number of methoxy groups -OCH3 is 1. The molecule has 39 heavy (non-hydrogen) atoms. The van der Waals surface area contributed by atoms with E-state index in [9.17, 15) is 10.5 Å². The van der Waals surface area contributed by atoms with Crippen LogP contribution in [-0.4, -0.2) is 7.11 Å². The summed E-state index contributed by atoms with van der Waals surface area (Å²) in [6.45, 7) is 14.5. The summed E-state index contributed by atoms with van der Waals surface area (Å²) < 4.78 is 18.1. The van der Waals surface area contributed by atoms with Gasteiger partial charge >= 0.3 is 0 Å². The summed E-state index contributed by atoms with van der Waals surface area (Å²) in [5.74, 6) is 3.47. The fraction of sp³-hybridized carbons (Fsp3) is 0.226. The summed E-state index contributed by atoms with van der Waals surface area (Å²) in [7, 11) is 1.62. The lowest BCUT2D eigenvalue weighted by molar-refractivity contribution is 0.416. The molecule has 0 N–H and O–H groups in total. The van der Waals surface area contributed by atoms with Crippen molar-refractivity contribution in [3.05, 3.63) is 99.4 Å². The molecule has 0 fully saturated rings. The van der Waals surface area contributed by atoms with Crippen LogP contribution in [0.4, 0.5) is 0 Å². The van der Waals surface area contributed by atoms with Gasteiger partial charge in [-0.15, -0.1) is 11.3 Å². The van der Waals surface area contributed by atoms with Crippen LogP contribution in [0.15, 0.2) is 73.9 Å². The van der Waals surface area contributed by atoms with Crippen molar-refractivity contribution in [3.63, 3.8) is 0 Å². The Morgan fingerprint density at radius 1 is 0.821 bits per heavy atom. The molecule has 0 atom stereocenters. The van der Waals surface area contributed by atoms with Gasteiger partial charge in [-0.2, -0.15) is 0 Å². The van der Waals surface area contributed by atoms with Crippen LogP contribution in [-0.2, 0) is 0 Å². The third-order valence-electron chi connectivity index (χ3n) is 6.75. The van der Waals surface area contributed by atoms with Crippen LogP contribution in [0.5, 0.6) is 5.75 Å². The Hall–Kier alpha value is -5.02. The van der Waals surface area contributed by atoms with Gasteiger partial charge < -0.3 is 13.6 Å². The minimum Gasteiger partial charge on any atom is -0.495 e. The number of hydrogen-bond donors (Lipinski definition) is 0. The maximum atomic E-state index is 9.25. The van der Waals surface area contributed by atoms with Gasteiger partial charge in [0.2, 0.25) is 0 Å². The second-order valence-electron chi connectivity index (χ2n) is 9.08. The molecule has 3 heterocycles. The van der Waals surface area contributed by atoms with Crippen LogP contribution in [0.2, 0.25) is 0 Å². The van der Waals surface area contributed by atoms with Crippen LogP contribution in [0.25, 0.3) is 42.1 Å². The topological polar surface area (TPSA) is 91.8 Å². The highest BCUT2D eigenvalue weighted by molar-refractivity contribution is 7.19. The zero-order valence-corrected chi connectivity index (χ0v) is 22.0. The molecule has 8 heteroatoms. The van der Waals surface area contributed by atoms with Gasteiger partial charge in [0.15, 0.2) is 0 Å². The molecule has 0 radical (unpaired) electrons. The highest BCUT2D eigenvalue weighted by Crippen LogP contribution is 2.45. The predicted molar refractivity (Wildman–Crippen MR) is 148 cm³/mol. The van der Waals surface area contributed by atoms with E-state index in [4.69, 9.17) is 26.7 Å². The van der Waals surface area contributed by atoms with E-state index in [1.165, 1.54) is 11.3 Å². The third-order valence-corrected chi connectivity index (χ3v) is 7.90. The maximum absolute atomic E-state index is 9.25. The summed E-state index contributed by atoms with van der Waals surface area (Å²) in [5, 5.41) is 18.5. The Labute approximate surface area is 230 Å². The number of furan rings is 2. The van der Waals surface area contributed by atoms with Crippen LogP contribution in [0.3, 0.4) is 0 Å². The Morgan fingerprint density at radius 2 is 1.33 bits per heavy atom. The fourth-order valence-corrected chi connectivity index (χ4v) is 5.89. The Kier molecular flexibility index (Phi) is 7.33. The predicted octanol–water partition coefficient (Wildman–Crippen LogP) is 8.81. The molecule has 3 aromatic rings. The molecule has 0 aromatic carbocycles. The van der Waals surface area contributed by atoms with E-state index in [1.54, 1.807) is 7.11 Å². The standard InChI is InChI=1S/C31H22N4O3S/c1-34-23(17-32)19-6-4-8-21(14-19)25-10-12-27(37-25)30-16-29(36-3)31(39-30)28-13-11-26(38-28)22-9-5-7-20(15-22)24(18-33)35-2/h10-16H,4-9H2,3H3/b23-19+,24-20-. The van der Waals surface area contributed by atoms with E-state index < -0.39 is 0 Å². The van der Waals surface area contributed by atoms with Gasteiger partial charge in [0.05, 0.1) is 37.3 Å². The largest absolute Gasteiger partial charge is 0.495 e. The van der Waals surface area contributed by atoms with Crippen molar-refractivity contribution in [3.8, 4) is 39.2 Å². The molecule has 0 saturated carbocycles. The van der Waals surface area contributed by atoms with Crippen LogP contribution in [0, 0.1) is 35.8 Å². The molecule has 5 rings (SSSR count). The van der Waals surface area contributed by atoms with E-state index >= 15 is 0 Å². The second-order valence-corrected chi connectivity index (χ2v) is 10.1. The number of nitrogens with zero attached hydrogens (tertiary/aromatic N) is 4. The van der Waals surface area contributed by atoms with E-state index in [-0.39, 0.29) is 11.4 Å². The molecule has 0 unspecified atom stereocenters. The van der Waals surface area contributed by atoms with Gasteiger partial charge in [-0.1, -0.05) is 12.2 Å². The summed E-state index contributed by atoms with van der Waals surface area (Å²) in [6, 6.07) is 13.6. The highest BCUT2D eigenvalue weighted by Gasteiger charge is 2.22. The minimum atomic E-state index is 0.134. The fourth-order valence-electron chi connectivity index (χ4n) is 4.84. The molecule has 2 aliphatic rings. The molecule has 7 nitrogen and oxygen atoms in total. The highest BCUT2D eigenvalue weighted by atomic mass is 32.1. The number of allylic oxidation sites excluding steroid dienone is 8. The van der Waals surface area contributed by atoms with Gasteiger partial charge in [-0.05, 0) is 85.1 Å². The van der Waals surface area contributed by atoms with E-state index in [0.29, 0.717) is 35.9 Å². The zero-order valence-electron chi connectivity index (χ0n) is 21.2. The van der Waals surface area contributed by atoms with Crippen LogP contribution >= 0.6 is 11.3 Å². The molecule has 0 spiro atoms. The number of ether oxygens (including phenoxy) is 1. The second kappa shape index (κ2) is 11.2. The average molecular weight is 531 g/mol. The first-order valence-electron chi connectivity index (χ1n) is 12.4. The summed E-state index contributed by atoms with van der Waals surface area (Å²) in [5.41, 5.74) is 3.73. The summed E-state index contributed by atoms with van der Waals surface area (Å²) in [6.07, 6.45) is 8.59. The number of hydrogen-bond acceptors (Lipinski definition) is 6. The van der Waals surface area contributed by atoms with Crippen molar-refractivity contribution in [2.45, 2.75) is 38.5 Å². The number of thiophene rings is 1. The lowest BCUT2D eigenvalue weighted by Crippen LogP contribution is -1.95. The number of nitriles is 2. The molecule has 0 saturated heterocycles. The number of rotatable bonds is 5. The zero-order chi connectivity index (χ0) is 27.4. The Bertz CT molecular complexity index is 1710. The molecule has 2 aliphatic carbocycles. The van der Waals surface area contributed by atoms with Gasteiger partial charge in [-0.3, -0.25) is 0 Å². The van der Waals surface area contributed by atoms with Gasteiger partial charge in [0.25, 0.3) is 11.4 Å². The van der Waals surface area contributed by atoms with E-state index in [0.717, 1.165) is 63.5 Å². The van der Waals surface area contributed by atoms with Gasteiger partial charge in [0.1, 0.15) is 33.7 Å². The molecule has 190 valence electrons. The lowest BCUT2D eigenvalue weighted by atomic mass is 9.93. The minimum absolute atomic E-state index is 0.134. The van der Waals surface area contributed by atoms with E-state index in [1.807, 2.05) is 54.6 Å². The van der Waals surface area contributed by atoms with Crippen LogP contribution in [0.1, 0.15) is 50.0 Å². The monoisotopic (exact) mass is 530 g/mol. The van der Waals surface area contributed by atoms with Crippen molar-refractivity contribution < 1.29 is 13.6 Å². The molecule has 3 aromatic heterocycles. The van der Waals surface area contributed by atoms with Crippen molar-refractivity contribution in [1.82, 2.24) is 0 Å². The normalized spacial score (nSPS) is 17.6.